The number of aliphatic hydroxyl groups excluding tert-OH is 1. The third-order valence-corrected chi connectivity index (χ3v) is 3.85. The van der Waals surface area contributed by atoms with Crippen LogP contribution in [-0.2, 0) is 0 Å². The van der Waals surface area contributed by atoms with E-state index in [1.165, 1.54) is 12.1 Å². The Balaban J connectivity index is 1.94. The summed E-state index contributed by atoms with van der Waals surface area (Å²) in [5.41, 5.74) is 0.425. The monoisotopic (exact) mass is 302 g/mol. The molecule has 1 amide bonds. The molecule has 1 heterocycles. The number of nitrogens with one attached hydrogen (secondary N) is 1. The first-order valence-corrected chi connectivity index (χ1v) is 7.09. The van der Waals surface area contributed by atoms with Crippen molar-refractivity contribution in [3.05, 3.63) is 28.0 Å². The summed E-state index contributed by atoms with van der Waals surface area (Å²) in [6.45, 7) is 0.232. The maximum absolute atomic E-state index is 12.1. The average molecular weight is 303 g/mol. The van der Waals surface area contributed by atoms with Crippen molar-refractivity contribution in [2.75, 3.05) is 6.61 Å². The Hall–Kier alpha value is -0.840. The molecule has 1 saturated carbocycles. The van der Waals surface area contributed by atoms with Crippen LogP contribution in [0.2, 0.25) is 10.3 Å². The molecule has 1 aromatic rings. The number of aliphatic hydroxyl groups is 1. The fourth-order valence-electron chi connectivity index (χ4n) is 2.35. The summed E-state index contributed by atoms with van der Waals surface area (Å²) in [7, 11) is 0. The maximum Gasteiger partial charge on any atom is 0.251 e. The second-order valence-electron chi connectivity index (χ2n) is 4.87. The highest BCUT2D eigenvalue weighted by molar-refractivity contribution is 6.33. The van der Waals surface area contributed by atoms with Crippen LogP contribution in [0.25, 0.3) is 0 Å². The van der Waals surface area contributed by atoms with E-state index in [0.717, 1.165) is 25.7 Å². The normalized spacial score (nSPS) is 23.1. The van der Waals surface area contributed by atoms with Crippen molar-refractivity contribution < 1.29 is 9.90 Å². The highest BCUT2D eigenvalue weighted by atomic mass is 35.5. The highest BCUT2D eigenvalue weighted by Gasteiger charge is 2.22. The van der Waals surface area contributed by atoms with E-state index in [0.29, 0.717) is 11.5 Å². The number of hydrogen-bond acceptors (Lipinski definition) is 3. The number of rotatable bonds is 3. The summed E-state index contributed by atoms with van der Waals surface area (Å²) in [5.74, 6) is 0.191. The molecule has 0 atom stereocenters. The van der Waals surface area contributed by atoms with Crippen molar-refractivity contribution in [3.8, 4) is 0 Å². The molecule has 2 rings (SSSR count). The predicted octanol–water partition coefficient (Wildman–Crippen LogP) is 2.67. The van der Waals surface area contributed by atoms with Gasteiger partial charge in [-0.2, -0.15) is 0 Å². The lowest BCUT2D eigenvalue weighted by Crippen LogP contribution is -2.38. The van der Waals surface area contributed by atoms with Crippen molar-refractivity contribution in [2.45, 2.75) is 31.7 Å². The van der Waals surface area contributed by atoms with Gasteiger partial charge in [0.2, 0.25) is 0 Å². The van der Waals surface area contributed by atoms with Crippen LogP contribution in [-0.4, -0.2) is 28.6 Å². The number of carbonyl (C=O) groups is 1. The number of pyridine rings is 1. The van der Waals surface area contributed by atoms with Crippen molar-refractivity contribution in [1.82, 2.24) is 10.3 Å². The van der Waals surface area contributed by atoms with Gasteiger partial charge in [-0.25, -0.2) is 4.98 Å². The SMILES string of the molecule is O=C(NC1CCC(CO)CC1)c1cc(Cl)nc(Cl)c1. The van der Waals surface area contributed by atoms with Crippen molar-refractivity contribution >= 4 is 29.1 Å². The standard InChI is InChI=1S/C13H16Cl2N2O2/c14-11-5-9(6-12(15)17-11)13(19)16-10-3-1-8(7-18)2-4-10/h5-6,8,10,18H,1-4,7H2,(H,16,19). The predicted molar refractivity (Wildman–Crippen MR) is 74.6 cm³/mol. The molecule has 1 aliphatic carbocycles. The van der Waals surface area contributed by atoms with Crippen molar-refractivity contribution in [2.24, 2.45) is 5.92 Å². The van der Waals surface area contributed by atoms with Gasteiger partial charge < -0.3 is 10.4 Å². The number of amides is 1. The van der Waals surface area contributed by atoms with Crippen molar-refractivity contribution in [3.63, 3.8) is 0 Å². The molecule has 0 spiro atoms. The van der Waals surface area contributed by atoms with Gasteiger partial charge in [0.05, 0.1) is 0 Å². The van der Waals surface area contributed by atoms with Crippen LogP contribution in [0.4, 0.5) is 0 Å². The van der Waals surface area contributed by atoms with Gasteiger partial charge in [0.25, 0.3) is 5.91 Å². The smallest absolute Gasteiger partial charge is 0.251 e. The summed E-state index contributed by atoms with van der Waals surface area (Å²) < 4.78 is 0. The molecule has 0 unspecified atom stereocenters. The number of carbonyl (C=O) groups excluding carboxylic acids is 1. The van der Waals surface area contributed by atoms with Gasteiger partial charge in [-0.15, -0.1) is 0 Å². The van der Waals surface area contributed by atoms with E-state index in [2.05, 4.69) is 10.3 Å². The minimum absolute atomic E-state index is 0.154. The van der Waals surface area contributed by atoms with Gasteiger partial charge in [0.15, 0.2) is 0 Å². The zero-order valence-electron chi connectivity index (χ0n) is 10.4. The molecule has 0 aliphatic heterocycles. The van der Waals surface area contributed by atoms with Gasteiger partial charge in [-0.1, -0.05) is 23.2 Å². The van der Waals surface area contributed by atoms with Gasteiger partial charge in [0.1, 0.15) is 10.3 Å². The van der Waals surface area contributed by atoms with Gasteiger partial charge in [0, 0.05) is 18.2 Å². The minimum Gasteiger partial charge on any atom is -0.396 e. The van der Waals surface area contributed by atoms with Crippen LogP contribution in [0.1, 0.15) is 36.0 Å². The fraction of sp³-hybridized carbons (Fsp3) is 0.538. The van der Waals surface area contributed by atoms with E-state index in [-0.39, 0.29) is 28.9 Å². The number of nitrogens with zero attached hydrogens (tertiary/aromatic N) is 1. The van der Waals surface area contributed by atoms with E-state index < -0.39 is 0 Å². The molecule has 2 N–H and O–H groups in total. The second kappa shape index (κ2) is 6.55. The topological polar surface area (TPSA) is 62.2 Å². The third-order valence-electron chi connectivity index (χ3n) is 3.47. The Kier molecular flexibility index (Phi) is 5.02. The quantitative estimate of drug-likeness (QED) is 0.844. The number of halogens is 2. The largest absolute Gasteiger partial charge is 0.396 e. The molecule has 0 aromatic carbocycles. The first-order valence-electron chi connectivity index (χ1n) is 6.33. The van der Waals surface area contributed by atoms with E-state index in [1.54, 1.807) is 0 Å². The van der Waals surface area contributed by atoms with Crippen LogP contribution in [0, 0.1) is 5.92 Å². The molecule has 104 valence electrons. The maximum atomic E-state index is 12.1. The zero-order valence-corrected chi connectivity index (χ0v) is 11.9. The molecule has 0 bridgehead atoms. The lowest BCUT2D eigenvalue weighted by molar-refractivity contribution is 0.0914. The van der Waals surface area contributed by atoms with Crippen LogP contribution < -0.4 is 5.32 Å². The summed E-state index contributed by atoms with van der Waals surface area (Å²) in [6.07, 6.45) is 3.67. The minimum atomic E-state index is -0.182. The Labute approximate surface area is 122 Å². The molecule has 0 radical (unpaired) electrons. The second-order valence-corrected chi connectivity index (χ2v) is 5.65. The first kappa shape index (κ1) is 14.6. The van der Waals surface area contributed by atoms with Gasteiger partial charge in [-0.05, 0) is 43.7 Å². The molecule has 6 heteroatoms. The first-order chi connectivity index (χ1) is 9.08. The van der Waals surface area contributed by atoms with E-state index >= 15 is 0 Å². The van der Waals surface area contributed by atoms with E-state index in [9.17, 15) is 4.79 Å². The molecule has 1 aliphatic rings. The third kappa shape index (κ3) is 4.06. The Morgan fingerprint density at radius 2 is 1.84 bits per heavy atom. The van der Waals surface area contributed by atoms with Crippen LogP contribution in [0.15, 0.2) is 12.1 Å². The molecule has 19 heavy (non-hydrogen) atoms. The summed E-state index contributed by atoms with van der Waals surface area (Å²) >= 11 is 11.5. The van der Waals surface area contributed by atoms with Crippen molar-refractivity contribution in [1.29, 1.82) is 0 Å². The van der Waals surface area contributed by atoms with Crippen LogP contribution in [0.3, 0.4) is 0 Å². The molecule has 1 fully saturated rings. The average Bonchev–Trinajstić information content (AvgIpc) is 2.38. The van der Waals surface area contributed by atoms with Crippen LogP contribution in [0.5, 0.6) is 0 Å². The highest BCUT2D eigenvalue weighted by Crippen LogP contribution is 2.24. The lowest BCUT2D eigenvalue weighted by Gasteiger charge is -2.27. The van der Waals surface area contributed by atoms with Crippen LogP contribution >= 0.6 is 23.2 Å². The molecule has 4 nitrogen and oxygen atoms in total. The van der Waals surface area contributed by atoms with E-state index in [1.807, 2.05) is 0 Å². The number of aromatic nitrogens is 1. The molecule has 0 saturated heterocycles. The summed E-state index contributed by atoms with van der Waals surface area (Å²) in [4.78, 5) is 15.9. The lowest BCUT2D eigenvalue weighted by atomic mass is 9.86. The van der Waals surface area contributed by atoms with Gasteiger partial charge in [-0.3, -0.25) is 4.79 Å². The summed E-state index contributed by atoms with van der Waals surface area (Å²) in [6, 6.07) is 3.16. The zero-order chi connectivity index (χ0) is 13.8. The Bertz CT molecular complexity index is 440. The van der Waals surface area contributed by atoms with Gasteiger partial charge >= 0.3 is 0 Å². The number of hydrogen-bond donors (Lipinski definition) is 2. The van der Waals surface area contributed by atoms with E-state index in [4.69, 9.17) is 28.3 Å². The Morgan fingerprint density at radius 3 is 2.37 bits per heavy atom. The Morgan fingerprint density at radius 1 is 1.26 bits per heavy atom. The fourth-order valence-corrected chi connectivity index (χ4v) is 2.81. The molecule has 1 aromatic heterocycles. The summed E-state index contributed by atoms with van der Waals surface area (Å²) in [5, 5.41) is 12.5. The molecular weight excluding hydrogens is 287 g/mol. The molecular formula is C13H16Cl2N2O2.